The van der Waals surface area contributed by atoms with Crippen LogP contribution in [0, 0.1) is 11.8 Å². The maximum absolute atomic E-state index is 13.8. The highest BCUT2D eigenvalue weighted by molar-refractivity contribution is 6.24. The summed E-state index contributed by atoms with van der Waals surface area (Å²) in [5.41, 5.74) is 0.414. The van der Waals surface area contributed by atoms with Crippen molar-refractivity contribution in [2.75, 3.05) is 18.1 Å². The van der Waals surface area contributed by atoms with Crippen molar-refractivity contribution in [3.8, 4) is 0 Å². The van der Waals surface area contributed by atoms with E-state index < -0.39 is 17.4 Å². The van der Waals surface area contributed by atoms with Gasteiger partial charge in [-0.25, -0.2) is 4.90 Å². The first-order valence-electron chi connectivity index (χ1n) is 11.0. The van der Waals surface area contributed by atoms with E-state index in [4.69, 9.17) is 4.74 Å². The molecule has 31 heavy (non-hydrogen) atoms. The Hall–Kier alpha value is -2.99. The molecule has 0 saturated carbocycles. The normalized spacial score (nSPS) is 30.2. The van der Waals surface area contributed by atoms with Gasteiger partial charge in [-0.1, -0.05) is 48.5 Å². The van der Waals surface area contributed by atoms with Crippen LogP contribution in [-0.2, 0) is 19.1 Å². The van der Waals surface area contributed by atoms with Crippen LogP contribution in [0.25, 0.3) is 0 Å². The Morgan fingerprint density at radius 1 is 1.00 bits per heavy atom. The van der Waals surface area contributed by atoms with E-state index in [1.54, 1.807) is 19.1 Å². The predicted octanol–water partition coefficient (Wildman–Crippen LogP) is 3.33. The number of ether oxygens (including phenoxy) is 1. The second kappa shape index (κ2) is 7.61. The van der Waals surface area contributed by atoms with Gasteiger partial charge in [0.1, 0.15) is 5.54 Å². The minimum absolute atomic E-state index is 0.229. The van der Waals surface area contributed by atoms with Crippen LogP contribution in [0.2, 0.25) is 0 Å². The van der Waals surface area contributed by atoms with Crippen molar-refractivity contribution < 1.29 is 19.1 Å². The molecule has 160 valence electrons. The molecule has 2 aromatic rings. The summed E-state index contributed by atoms with van der Waals surface area (Å²) in [4.78, 5) is 44.5. The lowest BCUT2D eigenvalue weighted by molar-refractivity contribution is -0.164. The summed E-state index contributed by atoms with van der Waals surface area (Å²) < 4.78 is 5.54. The Bertz CT molecular complexity index is 1010. The Balaban J connectivity index is 1.69. The number of nitrogens with zero attached hydrogens (tertiary/aromatic N) is 2. The Morgan fingerprint density at radius 3 is 2.35 bits per heavy atom. The number of amides is 2. The van der Waals surface area contributed by atoms with E-state index in [9.17, 15) is 14.4 Å². The van der Waals surface area contributed by atoms with Crippen molar-refractivity contribution in [1.82, 2.24) is 4.90 Å². The van der Waals surface area contributed by atoms with Crippen LogP contribution in [0.1, 0.15) is 37.8 Å². The van der Waals surface area contributed by atoms with Gasteiger partial charge in [0.2, 0.25) is 11.8 Å². The summed E-state index contributed by atoms with van der Waals surface area (Å²) in [7, 11) is 0. The lowest BCUT2D eigenvalue weighted by Crippen LogP contribution is -2.60. The molecule has 3 fully saturated rings. The van der Waals surface area contributed by atoms with E-state index in [-0.39, 0.29) is 30.4 Å². The second-order valence-electron chi connectivity index (χ2n) is 8.50. The molecule has 3 aliphatic heterocycles. The third-order valence-electron chi connectivity index (χ3n) is 7.05. The maximum Gasteiger partial charge on any atom is 0.327 e. The molecule has 3 heterocycles. The van der Waals surface area contributed by atoms with E-state index in [0.717, 1.165) is 18.4 Å². The number of imide groups is 1. The third kappa shape index (κ3) is 2.78. The van der Waals surface area contributed by atoms with Gasteiger partial charge < -0.3 is 4.74 Å². The van der Waals surface area contributed by atoms with Crippen molar-refractivity contribution in [2.24, 2.45) is 11.8 Å². The molecule has 5 rings (SSSR count). The van der Waals surface area contributed by atoms with Crippen LogP contribution in [0.15, 0.2) is 60.7 Å². The molecule has 3 saturated heterocycles. The fourth-order valence-electron chi connectivity index (χ4n) is 5.92. The number of carbonyl (C=O) groups is 3. The summed E-state index contributed by atoms with van der Waals surface area (Å²) in [5.74, 6) is -2.26. The monoisotopic (exact) mass is 418 g/mol. The molecule has 2 aromatic carbocycles. The van der Waals surface area contributed by atoms with Crippen molar-refractivity contribution >= 4 is 23.5 Å². The third-order valence-corrected chi connectivity index (χ3v) is 7.05. The first kappa shape index (κ1) is 19.9. The number of hydrogen-bond donors (Lipinski definition) is 0. The van der Waals surface area contributed by atoms with Gasteiger partial charge in [0.05, 0.1) is 24.1 Å². The van der Waals surface area contributed by atoms with Crippen LogP contribution < -0.4 is 4.90 Å². The lowest BCUT2D eigenvalue weighted by Gasteiger charge is -2.44. The van der Waals surface area contributed by atoms with Gasteiger partial charge in [-0.2, -0.15) is 0 Å². The minimum atomic E-state index is -1.10. The van der Waals surface area contributed by atoms with Crippen molar-refractivity contribution in [2.45, 2.75) is 37.8 Å². The van der Waals surface area contributed by atoms with Gasteiger partial charge >= 0.3 is 5.97 Å². The summed E-state index contributed by atoms with van der Waals surface area (Å²) >= 11 is 0. The molecule has 2 amide bonds. The smallest absolute Gasteiger partial charge is 0.327 e. The summed E-state index contributed by atoms with van der Waals surface area (Å²) in [6, 6.07) is 18.5. The zero-order valence-corrected chi connectivity index (χ0v) is 17.6. The van der Waals surface area contributed by atoms with Crippen LogP contribution in [0.4, 0.5) is 5.69 Å². The van der Waals surface area contributed by atoms with Crippen LogP contribution in [0.5, 0.6) is 0 Å². The van der Waals surface area contributed by atoms with E-state index >= 15 is 0 Å². The summed E-state index contributed by atoms with van der Waals surface area (Å²) in [5, 5.41) is 0. The average molecular weight is 418 g/mol. The zero-order chi connectivity index (χ0) is 21.6. The predicted molar refractivity (Wildman–Crippen MR) is 115 cm³/mol. The molecule has 0 aliphatic carbocycles. The number of rotatable bonds is 4. The Labute approximate surface area is 181 Å². The van der Waals surface area contributed by atoms with Gasteiger partial charge in [0.15, 0.2) is 0 Å². The average Bonchev–Trinajstić information content (AvgIpc) is 3.26. The maximum atomic E-state index is 13.8. The number of piperidine rings is 1. The number of esters is 1. The van der Waals surface area contributed by atoms with Crippen molar-refractivity contribution in [3.63, 3.8) is 0 Å². The summed E-state index contributed by atoms with van der Waals surface area (Å²) in [6.07, 6.45) is 2.28. The topological polar surface area (TPSA) is 66.9 Å². The number of carbonyl (C=O) groups excluding carboxylic acids is 3. The molecule has 0 N–H and O–H groups in total. The van der Waals surface area contributed by atoms with Crippen molar-refractivity contribution in [1.29, 1.82) is 0 Å². The number of benzene rings is 2. The molecular weight excluding hydrogens is 392 g/mol. The number of hydrogen-bond acceptors (Lipinski definition) is 5. The largest absolute Gasteiger partial charge is 0.465 e. The highest BCUT2D eigenvalue weighted by Gasteiger charge is 2.72. The molecule has 3 aliphatic rings. The summed E-state index contributed by atoms with van der Waals surface area (Å²) in [6.45, 7) is 2.68. The number of anilines is 1. The molecule has 0 bridgehead atoms. The molecule has 4 atom stereocenters. The molecule has 0 aromatic heterocycles. The molecule has 0 spiro atoms. The van der Waals surface area contributed by atoms with Crippen LogP contribution in [0.3, 0.4) is 0 Å². The fraction of sp³-hybridized carbons (Fsp3) is 0.400. The van der Waals surface area contributed by atoms with Crippen LogP contribution in [-0.4, -0.2) is 41.4 Å². The van der Waals surface area contributed by atoms with Gasteiger partial charge in [-0.15, -0.1) is 0 Å². The molecule has 6 heteroatoms. The SMILES string of the molecule is CCOC(=O)[C@@]12CCCCN1[C@H](c1ccccc1)C1C(=O)N(c3ccccc3)C(=O)C12. The quantitative estimate of drug-likeness (QED) is 0.563. The highest BCUT2D eigenvalue weighted by atomic mass is 16.5. The van der Waals surface area contributed by atoms with E-state index in [2.05, 4.69) is 4.90 Å². The molecule has 2 unspecified atom stereocenters. The van der Waals surface area contributed by atoms with Gasteiger partial charge in [0.25, 0.3) is 0 Å². The number of fused-ring (bicyclic) bond motifs is 3. The molecule has 0 radical (unpaired) electrons. The minimum Gasteiger partial charge on any atom is -0.465 e. The Kier molecular flexibility index (Phi) is 4.89. The fourth-order valence-corrected chi connectivity index (χ4v) is 5.92. The van der Waals surface area contributed by atoms with E-state index in [1.165, 1.54) is 4.90 Å². The van der Waals surface area contributed by atoms with Gasteiger partial charge in [-0.05, 0) is 50.4 Å². The molecular formula is C25H26N2O4. The van der Waals surface area contributed by atoms with Crippen molar-refractivity contribution in [3.05, 3.63) is 66.2 Å². The van der Waals surface area contributed by atoms with Gasteiger partial charge in [0, 0.05) is 6.04 Å². The Morgan fingerprint density at radius 2 is 1.68 bits per heavy atom. The van der Waals surface area contributed by atoms with E-state index in [1.807, 2.05) is 48.5 Å². The van der Waals surface area contributed by atoms with Crippen LogP contribution >= 0.6 is 0 Å². The zero-order valence-electron chi connectivity index (χ0n) is 17.6. The lowest BCUT2D eigenvalue weighted by atomic mass is 9.75. The van der Waals surface area contributed by atoms with E-state index in [0.29, 0.717) is 18.7 Å². The first-order chi connectivity index (χ1) is 15.1. The number of para-hydroxylation sites is 1. The highest BCUT2D eigenvalue weighted by Crippen LogP contribution is 2.58. The first-order valence-corrected chi connectivity index (χ1v) is 11.0. The standard InChI is InChI=1S/C25H26N2O4/c1-2-31-24(30)25-15-9-10-16-26(25)21(17-11-5-3-6-12-17)19-20(25)23(29)27(22(19)28)18-13-7-4-8-14-18/h3-8,11-14,19-21H,2,9-10,15-16H2,1H3/t19?,20?,21-,25+/m1/s1. The molecule has 6 nitrogen and oxygen atoms in total. The van der Waals surface area contributed by atoms with Gasteiger partial charge in [-0.3, -0.25) is 19.3 Å². The second-order valence-corrected chi connectivity index (χ2v) is 8.50.